The minimum Gasteiger partial charge on any atom is -0.0843 e. The van der Waals surface area contributed by atoms with E-state index >= 15 is 0 Å². The fourth-order valence-electron chi connectivity index (χ4n) is 1.44. The predicted octanol–water partition coefficient (Wildman–Crippen LogP) is 5.05. The van der Waals surface area contributed by atoms with E-state index in [1.807, 2.05) is 19.9 Å². The van der Waals surface area contributed by atoms with Gasteiger partial charge < -0.3 is 0 Å². The van der Waals surface area contributed by atoms with E-state index in [0.29, 0.717) is 5.92 Å². The van der Waals surface area contributed by atoms with E-state index in [1.54, 1.807) is 0 Å². The molecule has 0 saturated heterocycles. The van der Waals surface area contributed by atoms with Gasteiger partial charge in [-0.25, -0.2) is 0 Å². The lowest BCUT2D eigenvalue weighted by Gasteiger charge is -2.11. The van der Waals surface area contributed by atoms with Crippen molar-refractivity contribution in [1.82, 2.24) is 0 Å². The highest BCUT2D eigenvalue weighted by molar-refractivity contribution is 6.30. The van der Waals surface area contributed by atoms with Gasteiger partial charge >= 0.3 is 0 Å². The number of aryl methyl sites for hydroxylation is 1. The first-order valence-corrected chi connectivity index (χ1v) is 5.81. The van der Waals surface area contributed by atoms with Crippen LogP contribution in [0.5, 0.6) is 0 Å². The summed E-state index contributed by atoms with van der Waals surface area (Å²) < 4.78 is 0. The largest absolute Gasteiger partial charge is 0.0843 e. The summed E-state index contributed by atoms with van der Waals surface area (Å²) in [5, 5.41) is 0.844. The lowest BCUT2D eigenvalue weighted by molar-refractivity contribution is 0.844. The smallest absolute Gasteiger partial charge is 0.0408 e. The average molecular weight is 213 g/mol. The van der Waals surface area contributed by atoms with E-state index in [-0.39, 0.29) is 0 Å². The van der Waals surface area contributed by atoms with Gasteiger partial charge in [-0.05, 0) is 35.6 Å². The molecule has 0 aromatic heterocycles. The minimum atomic E-state index is 0.595. The molecule has 1 rings (SSSR count). The predicted molar refractivity (Wildman–Crippen MR) is 66.3 cm³/mol. The van der Waals surface area contributed by atoms with Gasteiger partial charge in [0.05, 0.1) is 0 Å². The maximum Gasteiger partial charge on any atom is 0.0408 e. The van der Waals surface area contributed by atoms with E-state index in [1.165, 1.54) is 11.1 Å². The van der Waals surface area contributed by atoms with Crippen LogP contribution in [0.2, 0.25) is 5.02 Å². The first kappa shape index (κ1) is 13.5. The van der Waals surface area contributed by atoms with Crippen LogP contribution in [0.15, 0.2) is 18.2 Å². The molecule has 0 heterocycles. The molecule has 14 heavy (non-hydrogen) atoms. The van der Waals surface area contributed by atoms with Gasteiger partial charge in [-0.3, -0.25) is 0 Å². The zero-order valence-corrected chi connectivity index (χ0v) is 10.7. The molecule has 1 aromatic rings. The van der Waals surface area contributed by atoms with Gasteiger partial charge in [-0.15, -0.1) is 0 Å². The Kier molecular flexibility index (Phi) is 6.65. The van der Waals surface area contributed by atoms with Crippen LogP contribution in [0.25, 0.3) is 0 Å². The Morgan fingerprint density at radius 3 is 2.21 bits per heavy atom. The first-order chi connectivity index (χ1) is 6.65. The molecule has 0 spiro atoms. The lowest BCUT2D eigenvalue weighted by atomic mass is 9.96. The highest BCUT2D eigenvalue weighted by atomic mass is 35.5. The Bertz CT molecular complexity index is 264. The molecular formula is C13H21Cl. The van der Waals surface area contributed by atoms with Crippen LogP contribution in [0.4, 0.5) is 0 Å². The van der Waals surface area contributed by atoms with Gasteiger partial charge in [0.15, 0.2) is 0 Å². The summed E-state index contributed by atoms with van der Waals surface area (Å²) in [5.74, 6) is 0.595. The van der Waals surface area contributed by atoms with Crippen molar-refractivity contribution in [2.24, 2.45) is 0 Å². The molecule has 0 atom stereocenters. The third-order valence-corrected chi connectivity index (χ3v) is 2.34. The van der Waals surface area contributed by atoms with Gasteiger partial charge in [-0.2, -0.15) is 0 Å². The van der Waals surface area contributed by atoms with Crippen LogP contribution in [0.3, 0.4) is 0 Å². The van der Waals surface area contributed by atoms with Gasteiger partial charge in [-0.1, -0.05) is 52.3 Å². The van der Waals surface area contributed by atoms with Crippen molar-refractivity contribution in [3.05, 3.63) is 34.3 Å². The van der Waals surface area contributed by atoms with Crippen LogP contribution in [-0.4, -0.2) is 0 Å². The van der Waals surface area contributed by atoms with Crippen molar-refractivity contribution >= 4 is 11.6 Å². The number of rotatable bonds is 2. The number of halogens is 1. The SMILES string of the molecule is CC.CCc1cc(Cl)ccc1C(C)C. The second-order valence-corrected chi connectivity index (χ2v) is 3.79. The van der Waals surface area contributed by atoms with Crippen LogP contribution in [0.1, 0.15) is 51.7 Å². The molecule has 80 valence electrons. The van der Waals surface area contributed by atoms with Crippen molar-refractivity contribution < 1.29 is 0 Å². The van der Waals surface area contributed by atoms with Gasteiger partial charge in [0, 0.05) is 5.02 Å². The highest BCUT2D eigenvalue weighted by Crippen LogP contribution is 2.23. The van der Waals surface area contributed by atoms with E-state index in [0.717, 1.165) is 11.4 Å². The Hall–Kier alpha value is -0.490. The Morgan fingerprint density at radius 1 is 1.21 bits per heavy atom. The normalized spacial score (nSPS) is 9.64. The topological polar surface area (TPSA) is 0 Å². The second kappa shape index (κ2) is 6.89. The molecule has 0 nitrogen and oxygen atoms in total. The van der Waals surface area contributed by atoms with E-state index < -0.39 is 0 Å². The first-order valence-electron chi connectivity index (χ1n) is 5.43. The molecule has 0 amide bonds. The molecule has 0 N–H and O–H groups in total. The highest BCUT2D eigenvalue weighted by Gasteiger charge is 2.04. The molecular weight excluding hydrogens is 192 g/mol. The van der Waals surface area contributed by atoms with E-state index in [4.69, 9.17) is 11.6 Å². The molecule has 0 aliphatic rings. The van der Waals surface area contributed by atoms with Crippen molar-refractivity contribution in [3.63, 3.8) is 0 Å². The summed E-state index contributed by atoms with van der Waals surface area (Å²) in [6.07, 6.45) is 1.06. The summed E-state index contributed by atoms with van der Waals surface area (Å²) in [6.45, 7) is 10.6. The minimum absolute atomic E-state index is 0.595. The molecule has 1 aromatic carbocycles. The molecule has 0 unspecified atom stereocenters. The summed E-state index contributed by atoms with van der Waals surface area (Å²) in [5.41, 5.74) is 2.79. The van der Waals surface area contributed by atoms with Crippen molar-refractivity contribution in [2.75, 3.05) is 0 Å². The third kappa shape index (κ3) is 3.71. The Labute approximate surface area is 93.3 Å². The van der Waals surface area contributed by atoms with Crippen LogP contribution in [-0.2, 0) is 6.42 Å². The standard InChI is InChI=1S/C11H15Cl.C2H6/c1-4-9-7-10(12)5-6-11(9)8(2)3;1-2/h5-8H,4H2,1-3H3;1-2H3. The molecule has 0 aliphatic heterocycles. The fourth-order valence-corrected chi connectivity index (χ4v) is 1.64. The maximum absolute atomic E-state index is 5.90. The summed E-state index contributed by atoms with van der Waals surface area (Å²) in [6, 6.07) is 6.17. The summed E-state index contributed by atoms with van der Waals surface area (Å²) in [7, 11) is 0. The quantitative estimate of drug-likeness (QED) is 0.644. The zero-order valence-electron chi connectivity index (χ0n) is 9.89. The fraction of sp³-hybridized carbons (Fsp3) is 0.538. The van der Waals surface area contributed by atoms with Crippen LogP contribution in [0, 0.1) is 0 Å². The zero-order chi connectivity index (χ0) is 11.1. The second-order valence-electron chi connectivity index (χ2n) is 3.35. The molecule has 0 bridgehead atoms. The van der Waals surface area contributed by atoms with Crippen LogP contribution >= 0.6 is 11.6 Å². The lowest BCUT2D eigenvalue weighted by Crippen LogP contribution is -1.94. The molecule has 0 saturated carbocycles. The Morgan fingerprint density at radius 2 is 1.79 bits per heavy atom. The molecule has 0 fully saturated rings. The van der Waals surface area contributed by atoms with Crippen LogP contribution < -0.4 is 0 Å². The number of hydrogen-bond donors (Lipinski definition) is 0. The summed E-state index contributed by atoms with van der Waals surface area (Å²) in [4.78, 5) is 0. The molecule has 1 heteroatoms. The average Bonchev–Trinajstić information content (AvgIpc) is 2.20. The van der Waals surface area contributed by atoms with Crippen molar-refractivity contribution in [3.8, 4) is 0 Å². The Balaban J connectivity index is 0.000000791. The monoisotopic (exact) mass is 212 g/mol. The van der Waals surface area contributed by atoms with E-state index in [9.17, 15) is 0 Å². The van der Waals surface area contributed by atoms with Gasteiger partial charge in [0.25, 0.3) is 0 Å². The summed E-state index contributed by atoms with van der Waals surface area (Å²) >= 11 is 5.90. The van der Waals surface area contributed by atoms with Gasteiger partial charge in [0.1, 0.15) is 0 Å². The molecule has 0 aliphatic carbocycles. The third-order valence-electron chi connectivity index (χ3n) is 2.11. The van der Waals surface area contributed by atoms with Gasteiger partial charge in [0.2, 0.25) is 0 Å². The number of benzene rings is 1. The van der Waals surface area contributed by atoms with Crippen molar-refractivity contribution in [2.45, 2.75) is 47.0 Å². The van der Waals surface area contributed by atoms with Crippen molar-refractivity contribution in [1.29, 1.82) is 0 Å². The number of hydrogen-bond acceptors (Lipinski definition) is 0. The maximum atomic E-state index is 5.90. The van der Waals surface area contributed by atoms with E-state index in [2.05, 4.69) is 32.9 Å². The molecule has 0 radical (unpaired) electrons.